The Labute approximate surface area is 103 Å². The molecule has 0 heterocycles. The minimum Gasteiger partial charge on any atom is -0.457 e. The molecule has 0 aliphatic heterocycles. The zero-order chi connectivity index (χ0) is 12.8. The zero-order valence-electron chi connectivity index (χ0n) is 10.7. The van der Waals surface area contributed by atoms with Crippen LogP contribution in [-0.4, -0.2) is 12.0 Å². The molecule has 3 nitrogen and oxygen atoms in total. The lowest BCUT2D eigenvalue weighted by atomic mass is 10.0. The van der Waals surface area contributed by atoms with Crippen molar-refractivity contribution >= 4 is 5.97 Å². The van der Waals surface area contributed by atoms with Crippen LogP contribution in [0.25, 0.3) is 0 Å². The molecule has 0 radical (unpaired) electrons. The minimum atomic E-state index is -0.536. The molecule has 3 unspecified atom stereocenters. The molecule has 0 spiro atoms. The minimum absolute atomic E-state index is 0.144. The Hall–Kier alpha value is -1.35. The van der Waals surface area contributed by atoms with Crippen LogP contribution in [0.2, 0.25) is 0 Å². The molecule has 94 valence electrons. The average molecular weight is 235 g/mol. The van der Waals surface area contributed by atoms with Gasteiger partial charge in [-0.25, -0.2) is 0 Å². The fourth-order valence-corrected chi connectivity index (χ4v) is 1.53. The fraction of sp³-hybridized carbons (Fsp3) is 0.500. The number of hydrogen-bond acceptors (Lipinski definition) is 3. The standard InChI is InChI=1S/C14H21NO2/c1-4-10(2)13(15)14(16)17-11(3)12-8-6-5-7-9-12/h5-11,13H,4,15H2,1-3H3. The lowest BCUT2D eigenvalue weighted by Gasteiger charge is -2.20. The smallest absolute Gasteiger partial charge is 0.323 e. The van der Waals surface area contributed by atoms with E-state index in [2.05, 4.69) is 0 Å². The van der Waals surface area contributed by atoms with Gasteiger partial charge in [0.2, 0.25) is 0 Å². The zero-order valence-corrected chi connectivity index (χ0v) is 10.7. The summed E-state index contributed by atoms with van der Waals surface area (Å²) < 4.78 is 5.36. The average Bonchev–Trinajstić information content (AvgIpc) is 2.37. The Balaban J connectivity index is 2.57. The number of carbonyl (C=O) groups excluding carboxylic acids is 1. The van der Waals surface area contributed by atoms with Crippen molar-refractivity contribution in [1.29, 1.82) is 0 Å². The molecule has 0 fully saturated rings. The predicted molar refractivity (Wildman–Crippen MR) is 68.4 cm³/mol. The number of nitrogens with two attached hydrogens (primary N) is 1. The lowest BCUT2D eigenvalue weighted by Crippen LogP contribution is -2.38. The summed E-state index contributed by atoms with van der Waals surface area (Å²) in [5, 5.41) is 0. The van der Waals surface area contributed by atoms with Crippen molar-refractivity contribution in [1.82, 2.24) is 0 Å². The third-order valence-electron chi connectivity index (χ3n) is 3.09. The van der Waals surface area contributed by atoms with Gasteiger partial charge in [0.25, 0.3) is 0 Å². The summed E-state index contributed by atoms with van der Waals surface area (Å²) in [4.78, 5) is 11.8. The highest BCUT2D eigenvalue weighted by Crippen LogP contribution is 2.18. The van der Waals surface area contributed by atoms with Gasteiger partial charge < -0.3 is 10.5 Å². The van der Waals surface area contributed by atoms with E-state index >= 15 is 0 Å². The van der Waals surface area contributed by atoms with Crippen LogP contribution in [0.1, 0.15) is 38.9 Å². The molecule has 2 N–H and O–H groups in total. The Kier molecular flexibility index (Phi) is 5.16. The summed E-state index contributed by atoms with van der Waals surface area (Å²) in [5.74, 6) is -0.179. The summed E-state index contributed by atoms with van der Waals surface area (Å²) in [6, 6.07) is 9.12. The SMILES string of the molecule is CCC(C)C(N)C(=O)OC(C)c1ccccc1. The maximum atomic E-state index is 11.8. The Morgan fingerprint density at radius 2 is 1.88 bits per heavy atom. The van der Waals surface area contributed by atoms with Gasteiger partial charge in [0, 0.05) is 0 Å². The molecule has 1 aromatic rings. The highest BCUT2D eigenvalue weighted by atomic mass is 16.5. The highest BCUT2D eigenvalue weighted by Gasteiger charge is 2.23. The van der Waals surface area contributed by atoms with E-state index in [1.165, 1.54) is 0 Å². The number of esters is 1. The van der Waals surface area contributed by atoms with Crippen LogP contribution < -0.4 is 5.73 Å². The van der Waals surface area contributed by atoms with E-state index in [4.69, 9.17) is 10.5 Å². The van der Waals surface area contributed by atoms with Gasteiger partial charge in [0.15, 0.2) is 0 Å². The quantitative estimate of drug-likeness (QED) is 0.798. The fourth-order valence-electron chi connectivity index (χ4n) is 1.53. The van der Waals surface area contributed by atoms with Crippen LogP contribution in [0.5, 0.6) is 0 Å². The van der Waals surface area contributed by atoms with E-state index in [0.717, 1.165) is 12.0 Å². The molecule has 1 rings (SSSR count). The van der Waals surface area contributed by atoms with Crippen LogP contribution in [0.4, 0.5) is 0 Å². The van der Waals surface area contributed by atoms with E-state index in [9.17, 15) is 4.79 Å². The van der Waals surface area contributed by atoms with Gasteiger partial charge in [-0.1, -0.05) is 50.6 Å². The summed E-state index contributed by atoms with van der Waals surface area (Å²) in [6.45, 7) is 5.83. The first-order valence-electron chi connectivity index (χ1n) is 6.07. The Morgan fingerprint density at radius 3 is 2.41 bits per heavy atom. The second-order valence-electron chi connectivity index (χ2n) is 4.40. The van der Waals surface area contributed by atoms with Crippen molar-refractivity contribution in [2.45, 2.75) is 39.3 Å². The van der Waals surface area contributed by atoms with Gasteiger partial charge >= 0.3 is 5.97 Å². The van der Waals surface area contributed by atoms with Gasteiger partial charge in [0.05, 0.1) is 0 Å². The van der Waals surface area contributed by atoms with Crippen molar-refractivity contribution < 1.29 is 9.53 Å². The second-order valence-corrected chi connectivity index (χ2v) is 4.40. The Bertz CT molecular complexity index is 350. The van der Waals surface area contributed by atoms with E-state index < -0.39 is 6.04 Å². The largest absolute Gasteiger partial charge is 0.457 e. The maximum absolute atomic E-state index is 11.8. The van der Waals surface area contributed by atoms with Crippen LogP contribution in [-0.2, 0) is 9.53 Å². The van der Waals surface area contributed by atoms with Crippen LogP contribution in [0.15, 0.2) is 30.3 Å². The number of benzene rings is 1. The second kappa shape index (κ2) is 6.40. The third kappa shape index (κ3) is 3.86. The number of rotatable bonds is 5. The first-order valence-corrected chi connectivity index (χ1v) is 6.07. The number of hydrogen-bond donors (Lipinski definition) is 1. The van der Waals surface area contributed by atoms with Gasteiger partial charge in [-0.05, 0) is 18.4 Å². The maximum Gasteiger partial charge on any atom is 0.323 e. The van der Waals surface area contributed by atoms with Crippen LogP contribution in [0, 0.1) is 5.92 Å². The van der Waals surface area contributed by atoms with E-state index in [1.807, 2.05) is 51.1 Å². The summed E-state index contributed by atoms with van der Waals surface area (Å²) >= 11 is 0. The molecule has 0 aliphatic carbocycles. The van der Waals surface area contributed by atoms with Crippen LogP contribution in [0.3, 0.4) is 0 Å². The first-order chi connectivity index (χ1) is 8.06. The van der Waals surface area contributed by atoms with Crippen molar-refractivity contribution in [3.8, 4) is 0 Å². The summed E-state index contributed by atoms with van der Waals surface area (Å²) in [6.07, 6.45) is 0.620. The monoisotopic (exact) mass is 235 g/mol. The topological polar surface area (TPSA) is 52.3 Å². The highest BCUT2D eigenvalue weighted by molar-refractivity contribution is 5.76. The molecule has 0 bridgehead atoms. The molecule has 0 aliphatic rings. The number of ether oxygens (including phenoxy) is 1. The lowest BCUT2D eigenvalue weighted by molar-refractivity contribution is -0.151. The molecular weight excluding hydrogens is 214 g/mol. The predicted octanol–water partition coefficient (Wildman–Crippen LogP) is 2.66. The molecule has 0 amide bonds. The van der Waals surface area contributed by atoms with Crippen molar-refractivity contribution in [3.05, 3.63) is 35.9 Å². The van der Waals surface area contributed by atoms with Crippen LogP contribution >= 0.6 is 0 Å². The van der Waals surface area contributed by atoms with Gasteiger partial charge in [-0.15, -0.1) is 0 Å². The number of carbonyl (C=O) groups is 1. The Morgan fingerprint density at radius 1 is 1.29 bits per heavy atom. The van der Waals surface area contributed by atoms with E-state index in [0.29, 0.717) is 0 Å². The van der Waals surface area contributed by atoms with Gasteiger partial charge in [0.1, 0.15) is 12.1 Å². The van der Waals surface area contributed by atoms with E-state index in [-0.39, 0.29) is 18.0 Å². The summed E-state index contributed by atoms with van der Waals surface area (Å²) in [5.41, 5.74) is 6.81. The van der Waals surface area contributed by atoms with Crippen molar-refractivity contribution in [3.63, 3.8) is 0 Å². The normalized spacial score (nSPS) is 16.0. The van der Waals surface area contributed by atoms with Gasteiger partial charge in [-0.2, -0.15) is 0 Å². The third-order valence-corrected chi connectivity index (χ3v) is 3.09. The van der Waals surface area contributed by atoms with E-state index in [1.54, 1.807) is 0 Å². The molecular formula is C14H21NO2. The summed E-state index contributed by atoms with van der Waals surface area (Å²) in [7, 11) is 0. The molecule has 0 aromatic heterocycles. The van der Waals surface area contributed by atoms with Crippen molar-refractivity contribution in [2.24, 2.45) is 11.7 Å². The molecule has 0 saturated heterocycles. The van der Waals surface area contributed by atoms with Crippen molar-refractivity contribution in [2.75, 3.05) is 0 Å². The molecule has 17 heavy (non-hydrogen) atoms. The molecule has 0 saturated carbocycles. The molecule has 1 aromatic carbocycles. The van der Waals surface area contributed by atoms with Gasteiger partial charge in [-0.3, -0.25) is 4.79 Å². The first kappa shape index (κ1) is 13.7. The molecule has 3 heteroatoms. The molecule has 3 atom stereocenters.